The third kappa shape index (κ3) is 5.84. The first-order valence-corrected chi connectivity index (χ1v) is 3.77. The van der Waals surface area contributed by atoms with Crippen molar-refractivity contribution in [1.29, 1.82) is 0 Å². The zero-order chi connectivity index (χ0) is 7.28. The standard InChI is InChI=1S/C8H18O/c1-7(2)6-8(3)4-5-9/h7-9H,4-6H2,1-3H3/t8-/m1/s1. The molecule has 0 amide bonds. The average molecular weight is 130 g/mol. The van der Waals surface area contributed by atoms with Crippen LogP contribution >= 0.6 is 0 Å². The molecular weight excluding hydrogens is 112 g/mol. The van der Waals surface area contributed by atoms with Crippen LogP contribution in [-0.2, 0) is 0 Å². The predicted molar refractivity (Wildman–Crippen MR) is 40.3 cm³/mol. The van der Waals surface area contributed by atoms with Gasteiger partial charge in [0.15, 0.2) is 0 Å². The maximum atomic E-state index is 8.55. The molecule has 0 fully saturated rings. The lowest BCUT2D eigenvalue weighted by molar-refractivity contribution is 0.251. The summed E-state index contributed by atoms with van der Waals surface area (Å²) in [6.45, 7) is 6.96. The maximum absolute atomic E-state index is 8.55. The molecule has 0 saturated carbocycles. The molecule has 0 spiro atoms. The first kappa shape index (κ1) is 8.96. The molecule has 9 heavy (non-hydrogen) atoms. The van der Waals surface area contributed by atoms with E-state index in [1.807, 2.05) is 0 Å². The Balaban J connectivity index is 3.15. The van der Waals surface area contributed by atoms with Crippen LogP contribution in [0.1, 0.15) is 33.6 Å². The lowest BCUT2D eigenvalue weighted by Gasteiger charge is -2.11. The van der Waals surface area contributed by atoms with Gasteiger partial charge in [-0.2, -0.15) is 0 Å². The highest BCUT2D eigenvalue weighted by Crippen LogP contribution is 2.13. The van der Waals surface area contributed by atoms with E-state index in [0.29, 0.717) is 12.5 Å². The Bertz CT molecular complexity index is 59.6. The van der Waals surface area contributed by atoms with Crippen LogP contribution < -0.4 is 0 Å². The van der Waals surface area contributed by atoms with Crippen molar-refractivity contribution in [2.45, 2.75) is 33.6 Å². The Kier molecular flexibility index (Phi) is 4.78. The molecule has 0 aliphatic heterocycles. The number of hydrogen-bond acceptors (Lipinski definition) is 1. The molecule has 0 aliphatic carbocycles. The Labute approximate surface area is 58.1 Å². The number of aliphatic hydroxyl groups is 1. The molecule has 0 heterocycles. The van der Waals surface area contributed by atoms with E-state index in [1.54, 1.807) is 0 Å². The van der Waals surface area contributed by atoms with Gasteiger partial charge in [0.05, 0.1) is 0 Å². The van der Waals surface area contributed by atoms with Crippen LogP contribution in [0, 0.1) is 11.8 Å². The lowest BCUT2D eigenvalue weighted by atomic mass is 9.97. The molecule has 0 aliphatic rings. The minimum Gasteiger partial charge on any atom is -0.396 e. The monoisotopic (exact) mass is 130 g/mol. The van der Waals surface area contributed by atoms with Gasteiger partial charge in [0.1, 0.15) is 0 Å². The summed E-state index contributed by atoms with van der Waals surface area (Å²) in [5, 5.41) is 8.55. The van der Waals surface area contributed by atoms with Crippen LogP contribution in [0.3, 0.4) is 0 Å². The molecule has 0 aromatic heterocycles. The van der Waals surface area contributed by atoms with Crippen molar-refractivity contribution in [2.24, 2.45) is 11.8 Å². The Morgan fingerprint density at radius 2 is 1.78 bits per heavy atom. The summed E-state index contributed by atoms with van der Waals surface area (Å²) in [4.78, 5) is 0. The smallest absolute Gasteiger partial charge is 0.0433 e. The van der Waals surface area contributed by atoms with Crippen LogP contribution in [0.15, 0.2) is 0 Å². The van der Waals surface area contributed by atoms with Crippen molar-refractivity contribution >= 4 is 0 Å². The molecule has 1 N–H and O–H groups in total. The molecule has 0 saturated heterocycles. The normalized spacial score (nSPS) is 14.3. The van der Waals surface area contributed by atoms with Crippen molar-refractivity contribution in [3.05, 3.63) is 0 Å². The third-order valence-electron chi connectivity index (χ3n) is 1.50. The molecular formula is C8H18O. The largest absolute Gasteiger partial charge is 0.396 e. The summed E-state index contributed by atoms with van der Waals surface area (Å²) in [5.41, 5.74) is 0. The van der Waals surface area contributed by atoms with E-state index in [0.717, 1.165) is 12.3 Å². The SMILES string of the molecule is CC(C)C[C@H](C)CCO. The molecule has 1 atom stereocenters. The second-order valence-electron chi connectivity index (χ2n) is 3.25. The van der Waals surface area contributed by atoms with Gasteiger partial charge < -0.3 is 5.11 Å². The fourth-order valence-electron chi connectivity index (χ4n) is 1.14. The van der Waals surface area contributed by atoms with Crippen LogP contribution in [0.4, 0.5) is 0 Å². The minimum atomic E-state index is 0.341. The number of hydrogen-bond donors (Lipinski definition) is 1. The van der Waals surface area contributed by atoms with Crippen LogP contribution in [0.2, 0.25) is 0 Å². The van der Waals surface area contributed by atoms with Gasteiger partial charge in [0.25, 0.3) is 0 Å². The highest BCUT2D eigenvalue weighted by atomic mass is 16.2. The molecule has 0 bridgehead atoms. The molecule has 0 radical (unpaired) electrons. The molecule has 0 aromatic carbocycles. The third-order valence-corrected chi connectivity index (χ3v) is 1.50. The van der Waals surface area contributed by atoms with E-state index in [4.69, 9.17) is 5.11 Å². The second kappa shape index (κ2) is 4.80. The van der Waals surface area contributed by atoms with Gasteiger partial charge in [0.2, 0.25) is 0 Å². The van der Waals surface area contributed by atoms with Crippen LogP contribution in [0.25, 0.3) is 0 Å². The van der Waals surface area contributed by atoms with E-state index in [9.17, 15) is 0 Å². The number of rotatable bonds is 4. The summed E-state index contributed by atoms with van der Waals surface area (Å²) in [7, 11) is 0. The van der Waals surface area contributed by atoms with Gasteiger partial charge in [-0.15, -0.1) is 0 Å². The molecule has 0 unspecified atom stereocenters. The molecule has 1 heteroatoms. The minimum absolute atomic E-state index is 0.341. The fourth-order valence-corrected chi connectivity index (χ4v) is 1.14. The predicted octanol–water partition coefficient (Wildman–Crippen LogP) is 2.05. The summed E-state index contributed by atoms with van der Waals surface area (Å²) in [6, 6.07) is 0. The summed E-state index contributed by atoms with van der Waals surface area (Å²) in [5.74, 6) is 1.46. The van der Waals surface area contributed by atoms with Crippen LogP contribution in [-0.4, -0.2) is 11.7 Å². The maximum Gasteiger partial charge on any atom is 0.0433 e. The second-order valence-corrected chi connectivity index (χ2v) is 3.25. The van der Waals surface area contributed by atoms with Crippen molar-refractivity contribution in [2.75, 3.05) is 6.61 Å². The van der Waals surface area contributed by atoms with E-state index in [1.165, 1.54) is 6.42 Å². The van der Waals surface area contributed by atoms with E-state index >= 15 is 0 Å². The van der Waals surface area contributed by atoms with E-state index in [-0.39, 0.29) is 0 Å². The molecule has 0 aromatic rings. The van der Waals surface area contributed by atoms with Gasteiger partial charge in [-0.05, 0) is 24.7 Å². The van der Waals surface area contributed by atoms with Crippen molar-refractivity contribution in [1.82, 2.24) is 0 Å². The quantitative estimate of drug-likeness (QED) is 0.617. The van der Waals surface area contributed by atoms with Gasteiger partial charge in [-0.1, -0.05) is 20.8 Å². The van der Waals surface area contributed by atoms with E-state index < -0.39 is 0 Å². The van der Waals surface area contributed by atoms with Gasteiger partial charge >= 0.3 is 0 Å². The van der Waals surface area contributed by atoms with Crippen molar-refractivity contribution in [3.8, 4) is 0 Å². The number of aliphatic hydroxyl groups excluding tert-OH is 1. The van der Waals surface area contributed by atoms with Crippen LogP contribution in [0.5, 0.6) is 0 Å². The first-order chi connectivity index (χ1) is 4.16. The average Bonchev–Trinajstić information content (AvgIpc) is 1.63. The fraction of sp³-hybridized carbons (Fsp3) is 1.00. The Hall–Kier alpha value is -0.0400. The van der Waals surface area contributed by atoms with Gasteiger partial charge in [-0.25, -0.2) is 0 Å². The highest BCUT2D eigenvalue weighted by molar-refractivity contribution is 4.54. The topological polar surface area (TPSA) is 20.2 Å². The summed E-state index contributed by atoms with van der Waals surface area (Å²) in [6.07, 6.45) is 2.19. The summed E-state index contributed by atoms with van der Waals surface area (Å²) >= 11 is 0. The zero-order valence-electron chi connectivity index (χ0n) is 6.72. The Morgan fingerprint density at radius 1 is 1.22 bits per heavy atom. The van der Waals surface area contributed by atoms with Crippen molar-refractivity contribution < 1.29 is 5.11 Å². The zero-order valence-corrected chi connectivity index (χ0v) is 6.72. The lowest BCUT2D eigenvalue weighted by Crippen LogP contribution is -2.01. The van der Waals surface area contributed by atoms with Crippen molar-refractivity contribution in [3.63, 3.8) is 0 Å². The molecule has 56 valence electrons. The first-order valence-electron chi connectivity index (χ1n) is 3.77. The highest BCUT2D eigenvalue weighted by Gasteiger charge is 2.02. The van der Waals surface area contributed by atoms with Gasteiger partial charge in [0, 0.05) is 6.61 Å². The van der Waals surface area contributed by atoms with E-state index in [2.05, 4.69) is 20.8 Å². The van der Waals surface area contributed by atoms with Gasteiger partial charge in [-0.3, -0.25) is 0 Å². The molecule has 1 nitrogen and oxygen atoms in total. The molecule has 0 rings (SSSR count). The summed E-state index contributed by atoms with van der Waals surface area (Å²) < 4.78 is 0. The Morgan fingerprint density at radius 3 is 2.11 bits per heavy atom.